The second-order valence-electron chi connectivity index (χ2n) is 4.96. The number of hydrogen-bond acceptors (Lipinski definition) is 6. The third-order valence-electron chi connectivity index (χ3n) is 3.27. The molecular formula is C12H15F3N4O3. The molecule has 0 spiro atoms. The summed E-state index contributed by atoms with van der Waals surface area (Å²) in [7, 11) is 1.37. The molecule has 1 aromatic heterocycles. The lowest BCUT2D eigenvalue weighted by molar-refractivity contribution is -0.384. The Morgan fingerprint density at radius 2 is 2.27 bits per heavy atom. The molecule has 122 valence electrons. The van der Waals surface area contributed by atoms with Gasteiger partial charge in [-0.2, -0.15) is 18.2 Å². The van der Waals surface area contributed by atoms with Crippen molar-refractivity contribution in [3.63, 3.8) is 0 Å². The van der Waals surface area contributed by atoms with E-state index in [4.69, 9.17) is 4.74 Å². The Morgan fingerprint density at radius 1 is 1.55 bits per heavy atom. The van der Waals surface area contributed by atoms with Gasteiger partial charge in [-0.25, -0.2) is 0 Å². The molecule has 1 N–H and O–H groups in total. The number of likely N-dealkylation sites (tertiary alicyclic amines) is 1. The van der Waals surface area contributed by atoms with Crippen molar-refractivity contribution < 1.29 is 22.8 Å². The highest BCUT2D eigenvalue weighted by molar-refractivity contribution is 5.57. The van der Waals surface area contributed by atoms with Crippen LogP contribution in [-0.4, -0.2) is 53.8 Å². The fraction of sp³-hybridized carbons (Fsp3) is 0.583. The van der Waals surface area contributed by atoms with E-state index in [1.54, 1.807) is 0 Å². The fourth-order valence-corrected chi connectivity index (χ4v) is 2.34. The van der Waals surface area contributed by atoms with Crippen LogP contribution in [0.5, 0.6) is 5.88 Å². The van der Waals surface area contributed by atoms with E-state index in [0.29, 0.717) is 6.42 Å². The summed E-state index contributed by atoms with van der Waals surface area (Å²) >= 11 is 0. The highest BCUT2D eigenvalue weighted by atomic mass is 19.4. The Hall–Kier alpha value is -2.10. The van der Waals surface area contributed by atoms with Crippen molar-refractivity contribution in [3.8, 4) is 5.88 Å². The molecule has 0 bridgehead atoms. The third kappa shape index (κ3) is 4.20. The Labute approximate surface area is 124 Å². The molecule has 2 rings (SSSR count). The second kappa shape index (κ2) is 6.34. The molecule has 0 saturated carbocycles. The van der Waals surface area contributed by atoms with E-state index >= 15 is 0 Å². The molecule has 0 aromatic carbocycles. The number of nitrogens with zero attached hydrogens (tertiary/aromatic N) is 3. The molecule has 7 nitrogen and oxygen atoms in total. The maximum absolute atomic E-state index is 12.3. The Kier molecular flexibility index (Phi) is 4.69. The molecule has 1 fully saturated rings. The summed E-state index contributed by atoms with van der Waals surface area (Å²) in [6.07, 6.45) is -3.80. The molecule has 1 aliphatic heterocycles. The van der Waals surface area contributed by atoms with Gasteiger partial charge in [0.05, 0.1) is 18.6 Å². The van der Waals surface area contributed by atoms with Crippen LogP contribution < -0.4 is 10.1 Å². The third-order valence-corrected chi connectivity index (χ3v) is 3.27. The van der Waals surface area contributed by atoms with E-state index < -0.39 is 17.6 Å². The van der Waals surface area contributed by atoms with Gasteiger partial charge >= 0.3 is 11.9 Å². The standard InChI is InChI=1S/C12H15F3N4O3/c1-22-10-3-2-9(19(20)21)11(17-10)16-8-4-5-18(6-8)7-12(13,14)15/h2-3,8H,4-7H2,1H3,(H,16,17)/t8-/m1/s1. The SMILES string of the molecule is COc1ccc([N+](=O)[O-])c(N[C@@H]2CCN(CC(F)(F)F)C2)n1. The van der Waals surface area contributed by atoms with Crippen LogP contribution in [0.25, 0.3) is 0 Å². The van der Waals surface area contributed by atoms with E-state index in [2.05, 4.69) is 10.3 Å². The van der Waals surface area contributed by atoms with Gasteiger partial charge < -0.3 is 10.1 Å². The van der Waals surface area contributed by atoms with Crippen LogP contribution in [-0.2, 0) is 0 Å². The van der Waals surface area contributed by atoms with Gasteiger partial charge in [-0.05, 0) is 6.42 Å². The van der Waals surface area contributed by atoms with Crippen LogP contribution in [0.4, 0.5) is 24.7 Å². The van der Waals surface area contributed by atoms with Crippen molar-refractivity contribution in [2.45, 2.75) is 18.6 Å². The summed E-state index contributed by atoms with van der Waals surface area (Å²) in [5.41, 5.74) is -0.241. The number of ether oxygens (including phenoxy) is 1. The molecule has 1 aromatic rings. The molecule has 0 unspecified atom stereocenters. The van der Waals surface area contributed by atoms with Gasteiger partial charge in [-0.15, -0.1) is 0 Å². The van der Waals surface area contributed by atoms with Crippen molar-refractivity contribution in [1.82, 2.24) is 9.88 Å². The van der Waals surface area contributed by atoms with Gasteiger partial charge in [0.2, 0.25) is 11.7 Å². The summed E-state index contributed by atoms with van der Waals surface area (Å²) in [6, 6.07) is 2.27. The molecule has 1 atom stereocenters. The smallest absolute Gasteiger partial charge is 0.401 e. The van der Waals surface area contributed by atoms with E-state index in [9.17, 15) is 23.3 Å². The van der Waals surface area contributed by atoms with E-state index in [0.717, 1.165) is 0 Å². The summed E-state index contributed by atoms with van der Waals surface area (Å²) < 4.78 is 42.0. The molecule has 0 radical (unpaired) electrons. The van der Waals surface area contributed by atoms with Crippen LogP contribution in [0.2, 0.25) is 0 Å². The largest absolute Gasteiger partial charge is 0.481 e. The number of methoxy groups -OCH3 is 1. The van der Waals surface area contributed by atoms with E-state index in [-0.39, 0.29) is 36.5 Å². The lowest BCUT2D eigenvalue weighted by atomic mass is 10.2. The molecule has 0 aliphatic carbocycles. The van der Waals surface area contributed by atoms with Gasteiger partial charge in [-0.1, -0.05) is 0 Å². The number of rotatable bonds is 5. The predicted octanol–water partition coefficient (Wildman–Crippen LogP) is 2.05. The zero-order chi connectivity index (χ0) is 16.3. The maximum atomic E-state index is 12.3. The zero-order valence-corrected chi connectivity index (χ0v) is 11.8. The first kappa shape index (κ1) is 16.3. The van der Waals surface area contributed by atoms with Crippen LogP contribution in [0.15, 0.2) is 12.1 Å². The fourth-order valence-electron chi connectivity index (χ4n) is 2.34. The van der Waals surface area contributed by atoms with Gasteiger partial charge in [-0.3, -0.25) is 15.0 Å². The molecule has 10 heteroatoms. The Morgan fingerprint density at radius 3 is 2.86 bits per heavy atom. The number of pyridine rings is 1. The van der Waals surface area contributed by atoms with Crippen LogP contribution in [0.3, 0.4) is 0 Å². The first-order valence-electron chi connectivity index (χ1n) is 6.53. The minimum absolute atomic E-state index is 0.00297. The zero-order valence-electron chi connectivity index (χ0n) is 11.8. The molecule has 1 saturated heterocycles. The summed E-state index contributed by atoms with van der Waals surface area (Å²) in [5, 5.41) is 13.8. The van der Waals surface area contributed by atoms with Gasteiger partial charge in [0.15, 0.2) is 0 Å². The molecule has 22 heavy (non-hydrogen) atoms. The van der Waals surface area contributed by atoms with Crippen molar-refractivity contribution in [3.05, 3.63) is 22.2 Å². The average Bonchev–Trinajstić information content (AvgIpc) is 2.83. The van der Waals surface area contributed by atoms with E-state index in [1.165, 1.54) is 24.1 Å². The van der Waals surface area contributed by atoms with Gasteiger partial charge in [0.1, 0.15) is 0 Å². The number of aromatic nitrogens is 1. The molecular weight excluding hydrogens is 305 g/mol. The topological polar surface area (TPSA) is 80.5 Å². The average molecular weight is 320 g/mol. The number of nitrogens with one attached hydrogen (secondary N) is 1. The maximum Gasteiger partial charge on any atom is 0.401 e. The number of hydrogen-bond donors (Lipinski definition) is 1. The first-order valence-corrected chi connectivity index (χ1v) is 6.53. The monoisotopic (exact) mass is 320 g/mol. The Bertz CT molecular complexity index is 553. The number of alkyl halides is 3. The number of halogens is 3. The molecule has 0 amide bonds. The van der Waals surface area contributed by atoms with Gasteiger partial charge in [0, 0.05) is 31.3 Å². The lowest BCUT2D eigenvalue weighted by Crippen LogP contribution is -2.34. The minimum atomic E-state index is -4.25. The van der Waals surface area contributed by atoms with Crippen LogP contribution in [0, 0.1) is 10.1 Å². The van der Waals surface area contributed by atoms with Crippen molar-refractivity contribution >= 4 is 11.5 Å². The quantitative estimate of drug-likeness (QED) is 0.660. The van der Waals surface area contributed by atoms with Crippen molar-refractivity contribution in [2.75, 3.05) is 32.1 Å². The highest BCUT2D eigenvalue weighted by Gasteiger charge is 2.35. The predicted molar refractivity (Wildman–Crippen MR) is 72.0 cm³/mol. The molecule has 2 heterocycles. The summed E-state index contributed by atoms with van der Waals surface area (Å²) in [6.45, 7) is -0.566. The number of nitro groups is 1. The van der Waals surface area contributed by atoms with Crippen molar-refractivity contribution in [2.24, 2.45) is 0 Å². The summed E-state index contributed by atoms with van der Waals surface area (Å²) in [5.74, 6) is 0.196. The lowest BCUT2D eigenvalue weighted by Gasteiger charge is -2.18. The minimum Gasteiger partial charge on any atom is -0.481 e. The van der Waals surface area contributed by atoms with Gasteiger partial charge in [0.25, 0.3) is 0 Å². The normalized spacial score (nSPS) is 19.2. The van der Waals surface area contributed by atoms with Crippen LogP contribution >= 0.6 is 0 Å². The van der Waals surface area contributed by atoms with Crippen LogP contribution in [0.1, 0.15) is 6.42 Å². The first-order chi connectivity index (χ1) is 10.3. The van der Waals surface area contributed by atoms with Crippen molar-refractivity contribution in [1.29, 1.82) is 0 Å². The highest BCUT2D eigenvalue weighted by Crippen LogP contribution is 2.27. The number of anilines is 1. The molecule has 1 aliphatic rings. The summed E-state index contributed by atoms with van der Waals surface area (Å²) in [4.78, 5) is 15.6. The van der Waals surface area contributed by atoms with E-state index in [1.807, 2.05) is 0 Å². The Balaban J connectivity index is 2.06. The second-order valence-corrected chi connectivity index (χ2v) is 4.96.